The van der Waals surface area contributed by atoms with Gasteiger partial charge in [0.05, 0.1) is 36.7 Å². The van der Waals surface area contributed by atoms with Crippen molar-refractivity contribution in [1.82, 2.24) is 0 Å². The smallest absolute Gasteiger partial charge is 0.146 e. The number of para-hydroxylation sites is 2. The van der Waals surface area contributed by atoms with Crippen molar-refractivity contribution in [3.8, 4) is 0 Å². The Labute approximate surface area is 127 Å². The van der Waals surface area contributed by atoms with Gasteiger partial charge in [0, 0.05) is 0 Å². The summed E-state index contributed by atoms with van der Waals surface area (Å²) in [5, 5.41) is 24.6. The quantitative estimate of drug-likeness (QED) is 0.633. The van der Waals surface area contributed by atoms with E-state index in [1.807, 2.05) is 0 Å². The standard InChI is InChI=1S/C16H18F2N2O2/c17-11-5-1-3-7-13(11)19-15(9-21)16(10-22)20-14-8-4-2-6-12(14)18/h1-8,15-16,19-22H,9-10H2/t15-,16-/m1/s1. The van der Waals surface area contributed by atoms with Crippen molar-refractivity contribution >= 4 is 11.4 Å². The van der Waals surface area contributed by atoms with Gasteiger partial charge in [0.25, 0.3) is 0 Å². The van der Waals surface area contributed by atoms with Gasteiger partial charge in [0.1, 0.15) is 11.6 Å². The zero-order valence-electron chi connectivity index (χ0n) is 11.8. The second-order valence-electron chi connectivity index (χ2n) is 4.83. The molecule has 0 aliphatic carbocycles. The first-order valence-corrected chi connectivity index (χ1v) is 6.89. The second-order valence-corrected chi connectivity index (χ2v) is 4.83. The van der Waals surface area contributed by atoms with Crippen LogP contribution in [0.3, 0.4) is 0 Å². The van der Waals surface area contributed by atoms with Crippen LogP contribution in [-0.4, -0.2) is 35.5 Å². The molecule has 0 bridgehead atoms. The van der Waals surface area contributed by atoms with Crippen LogP contribution in [-0.2, 0) is 0 Å². The highest BCUT2D eigenvalue weighted by Crippen LogP contribution is 2.18. The van der Waals surface area contributed by atoms with Crippen LogP contribution >= 0.6 is 0 Å². The van der Waals surface area contributed by atoms with Crippen molar-refractivity contribution in [3.05, 3.63) is 60.2 Å². The molecule has 0 fully saturated rings. The van der Waals surface area contributed by atoms with Crippen molar-refractivity contribution in [2.75, 3.05) is 23.8 Å². The summed E-state index contributed by atoms with van der Waals surface area (Å²) in [5.74, 6) is -0.938. The summed E-state index contributed by atoms with van der Waals surface area (Å²) in [4.78, 5) is 0. The summed E-state index contributed by atoms with van der Waals surface area (Å²) in [6, 6.07) is 10.6. The molecule has 0 aliphatic rings. The van der Waals surface area contributed by atoms with Gasteiger partial charge in [0.2, 0.25) is 0 Å². The van der Waals surface area contributed by atoms with Crippen molar-refractivity contribution < 1.29 is 19.0 Å². The van der Waals surface area contributed by atoms with Crippen LogP contribution in [0, 0.1) is 11.6 Å². The average molecular weight is 308 g/mol. The van der Waals surface area contributed by atoms with Gasteiger partial charge in [-0.1, -0.05) is 24.3 Å². The van der Waals surface area contributed by atoms with Crippen LogP contribution in [0.15, 0.2) is 48.5 Å². The predicted octanol–water partition coefficient (Wildman–Crippen LogP) is 2.21. The van der Waals surface area contributed by atoms with Gasteiger partial charge in [-0.3, -0.25) is 0 Å². The molecule has 2 aromatic carbocycles. The van der Waals surface area contributed by atoms with E-state index in [1.54, 1.807) is 24.3 Å². The first kappa shape index (κ1) is 16.2. The fourth-order valence-electron chi connectivity index (χ4n) is 2.10. The third kappa shape index (κ3) is 3.93. The highest BCUT2D eigenvalue weighted by Gasteiger charge is 2.22. The molecule has 0 aliphatic heterocycles. The Morgan fingerprint density at radius 2 is 1.09 bits per heavy atom. The van der Waals surface area contributed by atoms with E-state index >= 15 is 0 Å². The van der Waals surface area contributed by atoms with Crippen LogP contribution in [0.5, 0.6) is 0 Å². The Hall–Kier alpha value is -2.18. The van der Waals surface area contributed by atoms with Gasteiger partial charge in [-0.2, -0.15) is 0 Å². The first-order chi connectivity index (χ1) is 10.7. The third-order valence-electron chi connectivity index (χ3n) is 3.31. The van der Waals surface area contributed by atoms with E-state index in [0.29, 0.717) is 0 Å². The van der Waals surface area contributed by atoms with Gasteiger partial charge in [-0.25, -0.2) is 8.78 Å². The normalized spacial score (nSPS) is 13.5. The summed E-state index contributed by atoms with van der Waals surface area (Å²) in [5.41, 5.74) is 0.408. The fourth-order valence-corrected chi connectivity index (χ4v) is 2.10. The summed E-state index contributed by atoms with van der Waals surface area (Å²) >= 11 is 0. The van der Waals surface area contributed by atoms with E-state index in [9.17, 15) is 19.0 Å². The summed E-state index contributed by atoms with van der Waals surface area (Å²) in [6.45, 7) is -0.720. The van der Waals surface area contributed by atoms with E-state index in [1.165, 1.54) is 24.3 Å². The molecule has 4 nitrogen and oxygen atoms in total. The lowest BCUT2D eigenvalue weighted by molar-refractivity contribution is 0.215. The molecule has 0 amide bonds. The van der Waals surface area contributed by atoms with Crippen LogP contribution in [0.2, 0.25) is 0 Å². The monoisotopic (exact) mass is 308 g/mol. The lowest BCUT2D eigenvalue weighted by Crippen LogP contribution is -2.44. The minimum Gasteiger partial charge on any atom is -0.394 e. The van der Waals surface area contributed by atoms with E-state index < -0.39 is 23.7 Å². The molecule has 118 valence electrons. The number of benzene rings is 2. The number of nitrogens with one attached hydrogen (secondary N) is 2. The van der Waals surface area contributed by atoms with Gasteiger partial charge >= 0.3 is 0 Å². The highest BCUT2D eigenvalue weighted by molar-refractivity contribution is 5.49. The van der Waals surface area contributed by atoms with Crippen LogP contribution in [0.1, 0.15) is 0 Å². The molecule has 2 atom stereocenters. The van der Waals surface area contributed by atoms with Crippen LogP contribution in [0.4, 0.5) is 20.2 Å². The van der Waals surface area contributed by atoms with Gasteiger partial charge < -0.3 is 20.8 Å². The largest absolute Gasteiger partial charge is 0.394 e. The summed E-state index contributed by atoms with van der Waals surface area (Å²) < 4.78 is 27.3. The van der Waals surface area contributed by atoms with Gasteiger partial charge in [0.15, 0.2) is 0 Å². The minimum absolute atomic E-state index is 0.204. The fraction of sp³-hybridized carbons (Fsp3) is 0.250. The topological polar surface area (TPSA) is 64.5 Å². The third-order valence-corrected chi connectivity index (χ3v) is 3.31. The zero-order valence-corrected chi connectivity index (χ0v) is 11.8. The van der Waals surface area contributed by atoms with E-state index in [-0.39, 0.29) is 24.6 Å². The number of aliphatic hydroxyl groups excluding tert-OH is 2. The summed E-state index contributed by atoms with van der Waals surface area (Å²) in [7, 11) is 0. The van der Waals surface area contributed by atoms with Crippen molar-refractivity contribution in [3.63, 3.8) is 0 Å². The molecular weight excluding hydrogens is 290 g/mol. The molecule has 0 spiro atoms. The maximum atomic E-state index is 13.7. The summed E-state index contributed by atoms with van der Waals surface area (Å²) in [6.07, 6.45) is 0. The predicted molar refractivity (Wildman–Crippen MR) is 81.8 cm³/mol. The van der Waals surface area contributed by atoms with Crippen molar-refractivity contribution in [2.45, 2.75) is 12.1 Å². The number of hydrogen-bond donors (Lipinski definition) is 4. The maximum Gasteiger partial charge on any atom is 0.146 e. The Bertz CT molecular complexity index is 557. The molecule has 0 aromatic heterocycles. The number of aliphatic hydroxyl groups is 2. The molecule has 0 unspecified atom stereocenters. The number of rotatable bonds is 7. The molecule has 0 saturated heterocycles. The average Bonchev–Trinajstić information content (AvgIpc) is 2.54. The minimum atomic E-state index is -0.693. The molecule has 22 heavy (non-hydrogen) atoms. The zero-order chi connectivity index (χ0) is 15.9. The van der Waals surface area contributed by atoms with Gasteiger partial charge in [-0.05, 0) is 24.3 Å². The molecule has 0 saturated carbocycles. The van der Waals surface area contributed by atoms with E-state index in [2.05, 4.69) is 10.6 Å². The van der Waals surface area contributed by atoms with E-state index in [4.69, 9.17) is 0 Å². The number of anilines is 2. The molecule has 0 heterocycles. The molecular formula is C16H18F2N2O2. The SMILES string of the molecule is OC[C@@H](Nc1ccccc1F)[C@@H](CO)Nc1ccccc1F. The Kier molecular flexibility index (Phi) is 5.68. The number of halogens is 2. The van der Waals surface area contributed by atoms with Gasteiger partial charge in [-0.15, -0.1) is 0 Å². The molecule has 2 aromatic rings. The van der Waals surface area contributed by atoms with Crippen molar-refractivity contribution in [1.29, 1.82) is 0 Å². The highest BCUT2D eigenvalue weighted by atomic mass is 19.1. The number of hydrogen-bond acceptors (Lipinski definition) is 4. The molecule has 0 radical (unpaired) electrons. The molecule has 2 rings (SSSR count). The lowest BCUT2D eigenvalue weighted by atomic mass is 10.1. The maximum absolute atomic E-state index is 13.7. The molecule has 4 N–H and O–H groups in total. The molecule has 6 heteroatoms. The lowest BCUT2D eigenvalue weighted by Gasteiger charge is -2.28. The van der Waals surface area contributed by atoms with Crippen molar-refractivity contribution in [2.24, 2.45) is 0 Å². The van der Waals surface area contributed by atoms with Crippen LogP contribution < -0.4 is 10.6 Å². The van der Waals surface area contributed by atoms with Crippen LogP contribution in [0.25, 0.3) is 0 Å². The Morgan fingerprint density at radius 1 is 0.727 bits per heavy atom. The second kappa shape index (κ2) is 7.72. The van der Waals surface area contributed by atoms with E-state index in [0.717, 1.165) is 0 Å². The first-order valence-electron chi connectivity index (χ1n) is 6.89. The Balaban J connectivity index is 2.13. The Morgan fingerprint density at radius 3 is 1.41 bits per heavy atom.